The monoisotopic (exact) mass is 273 g/mol. The second-order valence-corrected chi connectivity index (χ2v) is 4.73. The van der Waals surface area contributed by atoms with Crippen LogP contribution in [0.1, 0.15) is 5.56 Å². The summed E-state index contributed by atoms with van der Waals surface area (Å²) in [6.45, 7) is 4.02. The Kier molecular flexibility index (Phi) is 2.40. The normalized spacial score (nSPS) is 10.2. The maximum atomic E-state index is 4.02. The molecule has 0 saturated heterocycles. The number of hydrogen-bond acceptors (Lipinski definition) is 0. The average Bonchev–Trinajstić information content (AvgIpc) is 2.17. The summed E-state index contributed by atoms with van der Waals surface area (Å²) in [6, 6.07) is 14.8. The molecule has 0 aromatic heterocycles. The predicted molar refractivity (Wildman–Crippen MR) is 58.7 cm³/mol. The van der Waals surface area contributed by atoms with E-state index in [2.05, 4.69) is 49.0 Å². The third kappa shape index (κ3) is 1.63. The van der Waals surface area contributed by atoms with E-state index in [1.54, 1.807) is 0 Å². The molecule has 13 heavy (non-hydrogen) atoms. The van der Waals surface area contributed by atoms with Gasteiger partial charge in [0.15, 0.2) is 0 Å². The van der Waals surface area contributed by atoms with Gasteiger partial charge in [0.25, 0.3) is 0 Å². The van der Waals surface area contributed by atoms with Crippen LogP contribution in [0.15, 0.2) is 49.0 Å². The molecule has 0 heterocycles. The summed E-state index contributed by atoms with van der Waals surface area (Å²) < 4.78 is 1.21. The van der Waals surface area contributed by atoms with Gasteiger partial charge in [-0.1, -0.05) is 0 Å². The minimum absolute atomic E-state index is 1.21. The summed E-state index contributed by atoms with van der Waals surface area (Å²) in [4.78, 5) is 0. The van der Waals surface area contributed by atoms with Crippen LogP contribution < -0.4 is 0 Å². The Bertz CT molecular complexity index is 452. The van der Waals surface area contributed by atoms with Gasteiger partial charge in [-0.25, -0.2) is 0 Å². The van der Waals surface area contributed by atoms with Crippen molar-refractivity contribution < 1.29 is 0 Å². The van der Waals surface area contributed by atoms with E-state index in [-0.39, 0.29) is 0 Å². The fraction of sp³-hybridized carbons (Fsp3) is 0. The van der Waals surface area contributed by atoms with E-state index in [0.717, 1.165) is 0 Å². The van der Waals surface area contributed by atoms with E-state index in [4.69, 9.17) is 0 Å². The first kappa shape index (κ1) is 8.82. The van der Waals surface area contributed by atoms with Gasteiger partial charge in [-0.3, -0.25) is 0 Å². The minimum atomic E-state index is 1.21. The quantitative estimate of drug-likeness (QED) is 0.700. The van der Waals surface area contributed by atoms with Crippen molar-refractivity contribution in [1.82, 2.24) is 0 Å². The predicted octanol–water partition coefficient (Wildman–Crippen LogP) is 2.98. The van der Waals surface area contributed by atoms with Gasteiger partial charge in [0, 0.05) is 0 Å². The van der Waals surface area contributed by atoms with Gasteiger partial charge in [0.2, 0.25) is 0 Å². The molecule has 0 atom stereocenters. The second kappa shape index (κ2) is 3.54. The molecular weight excluding hydrogens is 263 g/mol. The Morgan fingerprint density at radius 2 is 1.69 bits per heavy atom. The number of hydrogen-bond donors (Lipinski definition) is 0. The van der Waals surface area contributed by atoms with E-state index < -0.39 is 0 Å². The molecule has 0 amide bonds. The summed E-state index contributed by atoms with van der Waals surface area (Å²) in [6.07, 6.45) is 0. The maximum absolute atomic E-state index is 4.02. The van der Waals surface area contributed by atoms with Crippen molar-refractivity contribution >= 4 is 36.9 Å². The molecule has 0 aliphatic rings. The van der Waals surface area contributed by atoms with E-state index in [1.165, 1.54) is 42.4 Å². The Labute approximate surface area is 91.4 Å². The van der Waals surface area contributed by atoms with Gasteiger partial charge >= 0.3 is 91.5 Å². The molecule has 0 unspecified atom stereocenters. The van der Waals surface area contributed by atoms with Gasteiger partial charge in [-0.05, 0) is 0 Å². The van der Waals surface area contributed by atoms with Crippen molar-refractivity contribution in [2.45, 2.75) is 0 Å². The first-order chi connectivity index (χ1) is 6.29. The summed E-state index contributed by atoms with van der Waals surface area (Å²) in [5, 5.41) is 2.61. The molecule has 0 bridgehead atoms. The second-order valence-electron chi connectivity index (χ2n) is 3.01. The van der Waals surface area contributed by atoms with Crippen LogP contribution in [-0.2, 0) is 0 Å². The molecule has 2 rings (SSSR count). The average molecular weight is 272 g/mol. The molecule has 1 heteroatoms. The van der Waals surface area contributed by atoms with Gasteiger partial charge in [0.05, 0.1) is 0 Å². The van der Waals surface area contributed by atoms with Gasteiger partial charge in [0.1, 0.15) is 0 Å². The summed E-state index contributed by atoms with van der Waals surface area (Å²) >= 11 is 1.39. The Hall–Kier alpha value is -0.761. The van der Waals surface area contributed by atoms with Gasteiger partial charge in [-0.15, -0.1) is 0 Å². The van der Waals surface area contributed by atoms with Crippen LogP contribution in [0.3, 0.4) is 0 Å². The van der Waals surface area contributed by atoms with Crippen molar-refractivity contribution in [2.24, 2.45) is 0 Å². The van der Waals surface area contributed by atoms with Crippen molar-refractivity contribution in [3.05, 3.63) is 54.6 Å². The molecule has 0 aliphatic heterocycles. The van der Waals surface area contributed by atoms with Crippen LogP contribution >= 0.6 is 0 Å². The summed E-state index contributed by atoms with van der Waals surface area (Å²) in [5.74, 6) is 0. The van der Waals surface area contributed by atoms with Crippen molar-refractivity contribution in [2.75, 3.05) is 0 Å². The fourth-order valence-corrected chi connectivity index (χ4v) is 2.11. The number of benzene rings is 2. The zero-order chi connectivity index (χ0) is 9.26. The van der Waals surface area contributed by atoms with Crippen LogP contribution in [0.4, 0.5) is 0 Å². The molecule has 3 radical (unpaired) electrons. The molecule has 61 valence electrons. The first-order valence-electron chi connectivity index (χ1n) is 4.17. The summed E-state index contributed by atoms with van der Waals surface area (Å²) in [5.41, 5.74) is 1.29. The Balaban J connectivity index is 2.83. The van der Waals surface area contributed by atoms with Crippen LogP contribution in [-0.4, -0.2) is 22.5 Å². The molecular formula is C12H9Sn. The van der Waals surface area contributed by atoms with Gasteiger partial charge < -0.3 is 0 Å². The van der Waals surface area contributed by atoms with E-state index in [0.29, 0.717) is 0 Å². The van der Waals surface area contributed by atoms with Crippen molar-refractivity contribution in [1.29, 1.82) is 0 Å². The molecule has 0 N–H and O–H groups in total. The molecule has 2 aromatic carbocycles. The molecule has 0 nitrogen and oxygen atoms in total. The Morgan fingerprint density at radius 3 is 2.46 bits per heavy atom. The zero-order valence-corrected chi connectivity index (χ0v) is 10.1. The first-order valence-corrected chi connectivity index (χ1v) is 5.60. The molecule has 2 aromatic rings. The molecule has 0 fully saturated rings. The van der Waals surface area contributed by atoms with E-state index in [1.807, 2.05) is 0 Å². The van der Waals surface area contributed by atoms with E-state index in [9.17, 15) is 0 Å². The standard InChI is InChI=1S/C12H9.Sn/c1-2-10-7-5-8-11-6-3-4-9-12(10)11;/h3-9H,1H2;. The fourth-order valence-electron chi connectivity index (χ4n) is 1.49. The zero-order valence-electron chi connectivity index (χ0n) is 7.25. The number of fused-ring (bicyclic) bond motifs is 1. The topological polar surface area (TPSA) is 0 Å². The van der Waals surface area contributed by atoms with Crippen LogP contribution in [0.5, 0.6) is 0 Å². The third-order valence-electron chi connectivity index (χ3n) is 2.11. The SMILES string of the molecule is C=[C]([Sn])c1cccc2ccccc12. The summed E-state index contributed by atoms with van der Waals surface area (Å²) in [7, 11) is 0. The van der Waals surface area contributed by atoms with E-state index >= 15 is 0 Å². The van der Waals surface area contributed by atoms with Gasteiger partial charge in [-0.2, -0.15) is 0 Å². The molecule has 0 spiro atoms. The number of rotatable bonds is 1. The third-order valence-corrected chi connectivity index (χ3v) is 2.88. The van der Waals surface area contributed by atoms with Crippen molar-refractivity contribution in [3.8, 4) is 0 Å². The van der Waals surface area contributed by atoms with Crippen LogP contribution in [0, 0.1) is 0 Å². The molecule has 0 aliphatic carbocycles. The Morgan fingerprint density at radius 1 is 1.00 bits per heavy atom. The van der Waals surface area contributed by atoms with Crippen molar-refractivity contribution in [3.63, 3.8) is 0 Å². The molecule has 0 saturated carbocycles. The van der Waals surface area contributed by atoms with Crippen LogP contribution in [0.2, 0.25) is 0 Å². The van der Waals surface area contributed by atoms with Crippen LogP contribution in [0.25, 0.3) is 14.4 Å².